The number of hydrogen-bond donors (Lipinski definition) is 1. The van der Waals surface area contributed by atoms with E-state index in [9.17, 15) is 13.5 Å². The van der Waals surface area contributed by atoms with E-state index in [0.717, 1.165) is 11.3 Å². The molecule has 28 heavy (non-hydrogen) atoms. The minimum Gasteiger partial charge on any atom is -0.504 e. The maximum Gasteiger partial charge on any atom is 0.249 e. The molecule has 1 aliphatic rings. The van der Waals surface area contributed by atoms with E-state index in [1.54, 1.807) is 12.1 Å². The lowest BCUT2D eigenvalue weighted by Crippen LogP contribution is -2.35. The summed E-state index contributed by atoms with van der Waals surface area (Å²) in [5, 5.41) is 11.2. The van der Waals surface area contributed by atoms with Gasteiger partial charge in [0.05, 0.1) is 11.4 Å². The molecule has 2 heterocycles. The topological polar surface area (TPSA) is 66.4 Å². The molecule has 8 heteroatoms. The Labute approximate surface area is 169 Å². The minimum absolute atomic E-state index is 0.0354. The predicted octanol–water partition coefficient (Wildman–Crippen LogP) is 3.02. The Morgan fingerprint density at radius 1 is 1.18 bits per heavy atom. The molecule has 6 nitrogen and oxygen atoms in total. The van der Waals surface area contributed by atoms with Crippen LogP contribution in [0.25, 0.3) is 5.69 Å². The Kier molecular flexibility index (Phi) is 4.81. The molecule has 0 aliphatic carbocycles. The van der Waals surface area contributed by atoms with Crippen LogP contribution in [-0.2, 0) is 16.6 Å². The Bertz CT molecular complexity index is 1120. The van der Waals surface area contributed by atoms with Crippen LogP contribution >= 0.6 is 11.6 Å². The van der Waals surface area contributed by atoms with Gasteiger partial charge in [0.25, 0.3) is 0 Å². The van der Waals surface area contributed by atoms with Gasteiger partial charge in [0, 0.05) is 24.6 Å². The average molecular weight is 419 g/mol. The third-order valence-corrected chi connectivity index (χ3v) is 7.05. The highest BCUT2D eigenvalue weighted by molar-refractivity contribution is 7.93. The first kappa shape index (κ1) is 18.8. The number of nitrogens with zero attached hydrogens (tertiary/aromatic N) is 3. The van der Waals surface area contributed by atoms with Gasteiger partial charge >= 0.3 is 0 Å². The Hall–Kier alpha value is -2.51. The zero-order chi connectivity index (χ0) is 19.9. The lowest BCUT2D eigenvalue weighted by atomic mass is 10.2. The number of sulfonamides is 1. The first-order chi connectivity index (χ1) is 13.3. The second-order valence-corrected chi connectivity index (χ2v) is 9.41. The molecule has 146 valence electrons. The van der Waals surface area contributed by atoms with Crippen LogP contribution in [0.1, 0.15) is 17.7 Å². The molecule has 0 amide bonds. The summed E-state index contributed by atoms with van der Waals surface area (Å²) in [6.45, 7) is 3.13. The highest BCUT2D eigenvalue weighted by atomic mass is 35.5. The third-order valence-electron chi connectivity index (χ3n) is 4.93. The molecule has 3 aromatic rings. The van der Waals surface area contributed by atoms with Crippen molar-refractivity contribution in [2.75, 3.05) is 16.6 Å². The van der Waals surface area contributed by atoms with Crippen molar-refractivity contribution < 1.29 is 18.1 Å². The molecule has 0 atom stereocenters. The molecule has 2 aromatic carbocycles. The second kappa shape index (κ2) is 7.14. The van der Waals surface area contributed by atoms with Crippen molar-refractivity contribution in [2.45, 2.75) is 19.9 Å². The average Bonchev–Trinajstić information content (AvgIpc) is 3.18. The summed E-state index contributed by atoms with van der Waals surface area (Å²) in [6, 6.07) is 12.7. The third kappa shape index (κ3) is 3.59. The normalized spacial score (nSPS) is 15.9. The lowest BCUT2D eigenvalue weighted by Gasteiger charge is -2.17. The van der Waals surface area contributed by atoms with E-state index in [0.29, 0.717) is 35.9 Å². The molecular formula is C20H21ClN3O3S+. The number of imidazole rings is 1. The van der Waals surface area contributed by atoms with Crippen molar-refractivity contribution >= 4 is 27.3 Å². The number of hydrogen-bond acceptors (Lipinski definition) is 3. The van der Waals surface area contributed by atoms with Crippen LogP contribution in [0.15, 0.2) is 55.0 Å². The van der Waals surface area contributed by atoms with Gasteiger partial charge in [-0.1, -0.05) is 23.7 Å². The number of anilines is 1. The SMILES string of the molecule is Cc1cn(-c2ccc(N3CCCS3(=O)=O)cc2O)c[n+]1Cc1ccc(Cl)cc1. The van der Waals surface area contributed by atoms with Gasteiger partial charge in [0.1, 0.15) is 18.4 Å². The molecule has 1 aromatic heterocycles. The fourth-order valence-corrected chi connectivity index (χ4v) is 5.13. The van der Waals surface area contributed by atoms with Crippen molar-refractivity contribution in [1.82, 2.24) is 4.57 Å². The number of aromatic nitrogens is 2. The summed E-state index contributed by atoms with van der Waals surface area (Å²) in [5.41, 5.74) is 3.24. The smallest absolute Gasteiger partial charge is 0.249 e. The lowest BCUT2D eigenvalue weighted by molar-refractivity contribution is -0.693. The van der Waals surface area contributed by atoms with Gasteiger partial charge in [-0.25, -0.2) is 13.0 Å². The van der Waals surface area contributed by atoms with Crippen molar-refractivity contribution in [2.24, 2.45) is 0 Å². The van der Waals surface area contributed by atoms with Crippen molar-refractivity contribution in [1.29, 1.82) is 0 Å². The maximum atomic E-state index is 12.1. The summed E-state index contributed by atoms with van der Waals surface area (Å²) >= 11 is 5.95. The number of halogens is 1. The summed E-state index contributed by atoms with van der Waals surface area (Å²) < 4.78 is 29.5. The highest BCUT2D eigenvalue weighted by Crippen LogP contribution is 2.31. The van der Waals surface area contributed by atoms with Crippen molar-refractivity contribution in [3.05, 3.63) is 71.3 Å². The van der Waals surface area contributed by atoms with Gasteiger partial charge in [0.2, 0.25) is 16.4 Å². The molecule has 1 aliphatic heterocycles. The fraction of sp³-hybridized carbons (Fsp3) is 0.250. The van der Waals surface area contributed by atoms with Crippen molar-refractivity contribution in [3.8, 4) is 11.4 Å². The summed E-state index contributed by atoms with van der Waals surface area (Å²) in [7, 11) is -3.27. The Morgan fingerprint density at radius 2 is 1.93 bits per heavy atom. The van der Waals surface area contributed by atoms with Gasteiger partial charge in [-0.05, 0) is 36.2 Å². The maximum absolute atomic E-state index is 12.1. The van der Waals surface area contributed by atoms with E-state index in [2.05, 4.69) is 4.57 Å². The molecule has 1 saturated heterocycles. The largest absolute Gasteiger partial charge is 0.504 e. The monoisotopic (exact) mass is 418 g/mol. The molecule has 1 fully saturated rings. The Balaban J connectivity index is 1.62. The molecule has 4 rings (SSSR count). The van der Waals surface area contributed by atoms with Gasteiger partial charge in [-0.15, -0.1) is 0 Å². The summed E-state index contributed by atoms with van der Waals surface area (Å²) in [5.74, 6) is 0.185. The molecule has 0 saturated carbocycles. The number of aromatic hydroxyl groups is 1. The quantitative estimate of drug-likeness (QED) is 0.662. The first-order valence-corrected chi connectivity index (χ1v) is 11.0. The first-order valence-electron chi connectivity index (χ1n) is 9.00. The van der Waals surface area contributed by atoms with E-state index in [-0.39, 0.29) is 11.5 Å². The van der Waals surface area contributed by atoms with Crippen LogP contribution in [0.5, 0.6) is 5.75 Å². The molecule has 0 bridgehead atoms. The molecular weight excluding hydrogens is 398 g/mol. The Morgan fingerprint density at radius 3 is 2.57 bits per heavy atom. The van der Waals surface area contributed by atoms with E-state index in [1.807, 2.05) is 48.3 Å². The molecule has 0 spiro atoms. The number of aryl methyl sites for hydroxylation is 1. The second-order valence-electron chi connectivity index (χ2n) is 6.96. The molecule has 0 radical (unpaired) electrons. The van der Waals surface area contributed by atoms with Crippen LogP contribution in [-0.4, -0.2) is 30.4 Å². The highest BCUT2D eigenvalue weighted by Gasteiger charge is 2.29. The zero-order valence-electron chi connectivity index (χ0n) is 15.4. The van der Waals surface area contributed by atoms with E-state index in [1.165, 1.54) is 10.4 Å². The number of benzene rings is 2. The van der Waals surface area contributed by atoms with Crippen LogP contribution in [0, 0.1) is 6.92 Å². The van der Waals surface area contributed by atoms with Crippen molar-refractivity contribution in [3.63, 3.8) is 0 Å². The van der Waals surface area contributed by atoms with Crippen LogP contribution in [0.2, 0.25) is 5.02 Å². The van der Waals surface area contributed by atoms with Crippen LogP contribution in [0.3, 0.4) is 0 Å². The van der Waals surface area contributed by atoms with Gasteiger partial charge in [0.15, 0.2) is 11.4 Å². The standard InChI is InChI=1S/C20H20ClN3O3S/c1-15-12-23(14-22(15)13-16-3-5-17(21)6-4-16)19-8-7-18(11-20(19)25)24-9-2-10-28(24,26)27/h3-8,11-12,14H,2,9-10,13H2,1H3/p+1. The number of rotatable bonds is 4. The van der Waals surface area contributed by atoms with Crippen LogP contribution < -0.4 is 8.87 Å². The fourth-order valence-electron chi connectivity index (χ4n) is 3.45. The van der Waals surface area contributed by atoms with E-state index in [4.69, 9.17) is 11.6 Å². The predicted molar refractivity (Wildman–Crippen MR) is 109 cm³/mol. The molecule has 0 unspecified atom stereocenters. The zero-order valence-corrected chi connectivity index (χ0v) is 17.0. The summed E-state index contributed by atoms with van der Waals surface area (Å²) in [6.07, 6.45) is 4.44. The van der Waals surface area contributed by atoms with E-state index >= 15 is 0 Å². The van der Waals surface area contributed by atoms with Crippen LogP contribution in [0.4, 0.5) is 5.69 Å². The van der Waals surface area contributed by atoms with Gasteiger partial charge in [-0.2, -0.15) is 4.57 Å². The summed E-state index contributed by atoms with van der Waals surface area (Å²) in [4.78, 5) is 0. The number of phenols is 1. The number of phenolic OH excluding ortho intramolecular Hbond substituents is 1. The minimum atomic E-state index is -3.27. The van der Waals surface area contributed by atoms with Gasteiger partial charge < -0.3 is 5.11 Å². The van der Waals surface area contributed by atoms with Gasteiger partial charge in [-0.3, -0.25) is 4.31 Å². The van der Waals surface area contributed by atoms with E-state index < -0.39 is 10.0 Å². The molecule has 1 N–H and O–H groups in total.